The number of rotatable bonds is 4. The molecule has 90 valence electrons. The number of amides is 1. The largest absolute Gasteiger partial charge is 0.393 e. The summed E-state index contributed by atoms with van der Waals surface area (Å²) in [6, 6.07) is 7.47. The second kappa shape index (κ2) is 5.01. The SMILES string of the molecule is CC(O)CCNC(=O)c1cccc2[nH]ccc12. The van der Waals surface area contributed by atoms with Gasteiger partial charge in [-0.25, -0.2) is 0 Å². The molecule has 0 aliphatic rings. The quantitative estimate of drug-likeness (QED) is 0.750. The van der Waals surface area contributed by atoms with Crippen molar-refractivity contribution in [2.24, 2.45) is 0 Å². The lowest BCUT2D eigenvalue weighted by molar-refractivity contribution is 0.0947. The van der Waals surface area contributed by atoms with Crippen LogP contribution < -0.4 is 5.32 Å². The minimum Gasteiger partial charge on any atom is -0.393 e. The molecular formula is C13H16N2O2. The Labute approximate surface area is 99.7 Å². The molecule has 17 heavy (non-hydrogen) atoms. The summed E-state index contributed by atoms with van der Waals surface area (Å²) in [4.78, 5) is 15.0. The van der Waals surface area contributed by atoms with Crippen molar-refractivity contribution in [3.05, 3.63) is 36.0 Å². The van der Waals surface area contributed by atoms with E-state index in [1.807, 2.05) is 24.4 Å². The van der Waals surface area contributed by atoms with Crippen LogP contribution in [0, 0.1) is 0 Å². The highest BCUT2D eigenvalue weighted by atomic mass is 16.3. The summed E-state index contributed by atoms with van der Waals surface area (Å²) in [5, 5.41) is 12.8. The van der Waals surface area contributed by atoms with Gasteiger partial charge in [0.2, 0.25) is 0 Å². The zero-order valence-electron chi connectivity index (χ0n) is 9.73. The Bertz CT molecular complexity index is 517. The lowest BCUT2D eigenvalue weighted by atomic mass is 10.1. The topological polar surface area (TPSA) is 65.1 Å². The van der Waals surface area contributed by atoms with Crippen molar-refractivity contribution in [1.29, 1.82) is 0 Å². The first-order chi connectivity index (χ1) is 8.18. The third-order valence-electron chi connectivity index (χ3n) is 2.69. The van der Waals surface area contributed by atoms with Gasteiger partial charge >= 0.3 is 0 Å². The molecule has 0 aliphatic heterocycles. The van der Waals surface area contributed by atoms with Crippen molar-refractivity contribution in [2.75, 3.05) is 6.54 Å². The molecule has 1 atom stereocenters. The number of benzene rings is 1. The summed E-state index contributed by atoms with van der Waals surface area (Å²) in [7, 11) is 0. The first kappa shape index (κ1) is 11.7. The molecule has 2 aromatic rings. The predicted octanol–water partition coefficient (Wildman–Crippen LogP) is 1.67. The molecule has 0 aliphatic carbocycles. The maximum atomic E-state index is 11.9. The van der Waals surface area contributed by atoms with E-state index in [0.29, 0.717) is 18.5 Å². The number of nitrogens with one attached hydrogen (secondary N) is 2. The summed E-state index contributed by atoms with van der Waals surface area (Å²) < 4.78 is 0. The van der Waals surface area contributed by atoms with Crippen molar-refractivity contribution < 1.29 is 9.90 Å². The summed E-state index contributed by atoms with van der Waals surface area (Å²) >= 11 is 0. The van der Waals surface area contributed by atoms with Crippen LogP contribution in [0.4, 0.5) is 0 Å². The van der Waals surface area contributed by atoms with E-state index in [9.17, 15) is 4.79 Å². The molecule has 0 saturated heterocycles. The number of aliphatic hydroxyl groups excluding tert-OH is 1. The number of fused-ring (bicyclic) bond motifs is 1. The van der Waals surface area contributed by atoms with Gasteiger partial charge in [-0.3, -0.25) is 4.79 Å². The van der Waals surface area contributed by atoms with E-state index in [2.05, 4.69) is 10.3 Å². The van der Waals surface area contributed by atoms with Gasteiger partial charge in [0.25, 0.3) is 5.91 Å². The van der Waals surface area contributed by atoms with Gasteiger partial charge in [0.15, 0.2) is 0 Å². The molecular weight excluding hydrogens is 216 g/mol. The van der Waals surface area contributed by atoms with Crippen molar-refractivity contribution in [1.82, 2.24) is 10.3 Å². The van der Waals surface area contributed by atoms with E-state index in [0.717, 1.165) is 10.9 Å². The highest BCUT2D eigenvalue weighted by Crippen LogP contribution is 2.16. The predicted molar refractivity (Wildman–Crippen MR) is 66.9 cm³/mol. The van der Waals surface area contributed by atoms with E-state index < -0.39 is 6.10 Å². The molecule has 3 N–H and O–H groups in total. The lowest BCUT2D eigenvalue weighted by Crippen LogP contribution is -2.26. The van der Waals surface area contributed by atoms with Crippen LogP contribution in [-0.2, 0) is 0 Å². The molecule has 1 aromatic carbocycles. The molecule has 1 amide bonds. The zero-order valence-corrected chi connectivity index (χ0v) is 9.73. The first-order valence-electron chi connectivity index (χ1n) is 5.71. The molecule has 1 unspecified atom stereocenters. The molecule has 0 bridgehead atoms. The van der Waals surface area contributed by atoms with Gasteiger partial charge in [-0.05, 0) is 31.5 Å². The average Bonchev–Trinajstić information content (AvgIpc) is 2.75. The monoisotopic (exact) mass is 232 g/mol. The van der Waals surface area contributed by atoms with E-state index in [-0.39, 0.29) is 5.91 Å². The lowest BCUT2D eigenvalue weighted by Gasteiger charge is -2.07. The van der Waals surface area contributed by atoms with Gasteiger partial charge in [-0.15, -0.1) is 0 Å². The number of aromatic nitrogens is 1. The smallest absolute Gasteiger partial charge is 0.251 e. The number of H-pyrrole nitrogens is 1. The third kappa shape index (κ3) is 2.65. The van der Waals surface area contributed by atoms with E-state index >= 15 is 0 Å². The number of hydrogen-bond acceptors (Lipinski definition) is 2. The van der Waals surface area contributed by atoms with E-state index in [4.69, 9.17) is 5.11 Å². The summed E-state index contributed by atoms with van der Waals surface area (Å²) in [6.07, 6.45) is 1.99. The number of carbonyl (C=O) groups is 1. The second-order valence-corrected chi connectivity index (χ2v) is 4.14. The minimum absolute atomic E-state index is 0.101. The molecule has 2 rings (SSSR count). The van der Waals surface area contributed by atoms with Crippen LogP contribution >= 0.6 is 0 Å². The van der Waals surface area contributed by atoms with Gasteiger partial charge < -0.3 is 15.4 Å². The van der Waals surface area contributed by atoms with Gasteiger partial charge in [0, 0.05) is 29.2 Å². The van der Waals surface area contributed by atoms with Crippen LogP contribution in [0.2, 0.25) is 0 Å². The third-order valence-corrected chi connectivity index (χ3v) is 2.69. The molecule has 0 saturated carbocycles. The van der Waals surface area contributed by atoms with Crippen molar-refractivity contribution in [3.8, 4) is 0 Å². The highest BCUT2D eigenvalue weighted by Gasteiger charge is 2.09. The van der Waals surface area contributed by atoms with Crippen LogP contribution in [-0.4, -0.2) is 28.6 Å². The first-order valence-corrected chi connectivity index (χ1v) is 5.71. The molecule has 0 spiro atoms. The maximum Gasteiger partial charge on any atom is 0.251 e. The van der Waals surface area contributed by atoms with Crippen LogP contribution in [0.5, 0.6) is 0 Å². The Morgan fingerprint density at radius 1 is 1.47 bits per heavy atom. The Kier molecular flexibility index (Phi) is 3.44. The normalized spacial score (nSPS) is 12.6. The molecule has 0 fully saturated rings. The molecule has 0 radical (unpaired) electrons. The number of aliphatic hydroxyl groups is 1. The fraction of sp³-hybridized carbons (Fsp3) is 0.308. The molecule has 4 heteroatoms. The standard InChI is InChI=1S/C13H16N2O2/c1-9(16)5-7-15-13(17)11-3-2-4-12-10(11)6-8-14-12/h2-4,6,8-9,14,16H,5,7H2,1H3,(H,15,17). The van der Waals surface area contributed by atoms with Crippen LogP contribution in [0.3, 0.4) is 0 Å². The Balaban J connectivity index is 2.11. The van der Waals surface area contributed by atoms with Crippen molar-refractivity contribution >= 4 is 16.8 Å². The zero-order chi connectivity index (χ0) is 12.3. The molecule has 1 heterocycles. The summed E-state index contributed by atoms with van der Waals surface area (Å²) in [5.41, 5.74) is 1.61. The summed E-state index contributed by atoms with van der Waals surface area (Å²) in [5.74, 6) is -0.101. The Morgan fingerprint density at radius 3 is 3.06 bits per heavy atom. The second-order valence-electron chi connectivity index (χ2n) is 4.14. The fourth-order valence-electron chi connectivity index (χ4n) is 1.77. The van der Waals surface area contributed by atoms with Gasteiger partial charge in [-0.2, -0.15) is 0 Å². The van der Waals surface area contributed by atoms with E-state index in [1.54, 1.807) is 13.0 Å². The van der Waals surface area contributed by atoms with E-state index in [1.165, 1.54) is 0 Å². The van der Waals surface area contributed by atoms with Gasteiger partial charge in [-0.1, -0.05) is 6.07 Å². The van der Waals surface area contributed by atoms with Crippen molar-refractivity contribution in [3.63, 3.8) is 0 Å². The number of carbonyl (C=O) groups excluding carboxylic acids is 1. The Hall–Kier alpha value is -1.81. The van der Waals surface area contributed by atoms with Crippen LogP contribution in [0.15, 0.2) is 30.5 Å². The number of aromatic amines is 1. The van der Waals surface area contributed by atoms with Crippen LogP contribution in [0.1, 0.15) is 23.7 Å². The maximum absolute atomic E-state index is 11.9. The average molecular weight is 232 g/mol. The number of hydrogen-bond donors (Lipinski definition) is 3. The Morgan fingerprint density at radius 2 is 2.29 bits per heavy atom. The molecule has 4 nitrogen and oxygen atoms in total. The molecule has 1 aromatic heterocycles. The van der Waals surface area contributed by atoms with Gasteiger partial charge in [0.1, 0.15) is 0 Å². The van der Waals surface area contributed by atoms with Crippen molar-refractivity contribution in [2.45, 2.75) is 19.4 Å². The fourth-order valence-corrected chi connectivity index (χ4v) is 1.77. The summed E-state index contributed by atoms with van der Waals surface area (Å²) in [6.45, 7) is 2.19. The van der Waals surface area contributed by atoms with Crippen LogP contribution in [0.25, 0.3) is 10.9 Å². The highest BCUT2D eigenvalue weighted by molar-refractivity contribution is 6.06. The van der Waals surface area contributed by atoms with Gasteiger partial charge in [0.05, 0.1) is 6.10 Å². The minimum atomic E-state index is -0.390.